The monoisotopic (exact) mass is 379 g/mol. The van der Waals surface area contributed by atoms with Crippen LogP contribution in [0.15, 0.2) is 23.2 Å². The van der Waals surface area contributed by atoms with Crippen LogP contribution in [0.3, 0.4) is 0 Å². The van der Waals surface area contributed by atoms with E-state index in [0.29, 0.717) is 23.1 Å². The number of rotatable bonds is 6. The van der Waals surface area contributed by atoms with Crippen LogP contribution in [0.5, 0.6) is 0 Å². The van der Waals surface area contributed by atoms with Crippen molar-refractivity contribution in [2.75, 3.05) is 10.7 Å². The summed E-state index contributed by atoms with van der Waals surface area (Å²) in [4.78, 5) is 12.0. The highest BCUT2D eigenvalue weighted by Crippen LogP contribution is 2.44. The summed E-state index contributed by atoms with van der Waals surface area (Å²) in [7, 11) is 1.31. The van der Waals surface area contributed by atoms with E-state index in [4.69, 9.17) is 0 Å². The second kappa shape index (κ2) is 7.42. The number of carbonyl (C=O) groups excluding carboxylic acids is 1. The Balaban J connectivity index is 2.69. The van der Waals surface area contributed by atoms with Crippen LogP contribution < -0.4 is 4.90 Å². The molecule has 1 aromatic carbocycles. The SMILES string of the molecule is CCCSc1c(N(C=O)c2ccc(F)cc2F)c(C(F)(F)F)nn1C. The van der Waals surface area contributed by atoms with E-state index in [1.165, 1.54) is 7.05 Å². The molecule has 0 unspecified atom stereocenters. The molecule has 1 amide bonds. The van der Waals surface area contributed by atoms with E-state index in [1.807, 2.05) is 6.92 Å². The molecule has 0 N–H and O–H groups in total. The lowest BCUT2D eigenvalue weighted by atomic mass is 10.2. The zero-order valence-corrected chi connectivity index (χ0v) is 14.1. The Kier molecular flexibility index (Phi) is 5.71. The van der Waals surface area contributed by atoms with E-state index in [2.05, 4.69) is 5.10 Å². The van der Waals surface area contributed by atoms with Gasteiger partial charge < -0.3 is 0 Å². The van der Waals surface area contributed by atoms with Crippen molar-refractivity contribution in [3.8, 4) is 0 Å². The molecule has 1 heterocycles. The molecule has 0 fully saturated rings. The first-order valence-electron chi connectivity index (χ1n) is 7.17. The Labute approximate surface area is 144 Å². The van der Waals surface area contributed by atoms with Gasteiger partial charge in [0.25, 0.3) is 0 Å². The lowest BCUT2D eigenvalue weighted by molar-refractivity contribution is -0.140. The molecule has 0 spiro atoms. The number of anilines is 2. The summed E-state index contributed by atoms with van der Waals surface area (Å²) in [6.07, 6.45) is -4.13. The van der Waals surface area contributed by atoms with E-state index < -0.39 is 34.9 Å². The Morgan fingerprint density at radius 2 is 2.00 bits per heavy atom. The standard InChI is InChI=1S/C15H14F5N3OS/c1-3-6-25-14-12(13(15(18,19)20)21-22(14)2)23(8-24)11-5-4-9(16)7-10(11)17/h4-5,7-8H,3,6H2,1-2H3. The predicted octanol–water partition coefficient (Wildman–Crippen LogP) is 4.51. The first kappa shape index (κ1) is 19.2. The molecule has 0 saturated carbocycles. The number of aryl methyl sites for hydroxylation is 1. The molecule has 0 aliphatic rings. The molecule has 2 aromatic rings. The van der Waals surface area contributed by atoms with Gasteiger partial charge in [-0.2, -0.15) is 18.3 Å². The molecule has 4 nitrogen and oxygen atoms in total. The van der Waals surface area contributed by atoms with Crippen molar-refractivity contribution in [3.05, 3.63) is 35.5 Å². The predicted molar refractivity (Wildman–Crippen MR) is 83.8 cm³/mol. The third-order valence-corrected chi connectivity index (χ3v) is 4.54. The van der Waals surface area contributed by atoms with E-state index in [-0.39, 0.29) is 11.4 Å². The number of hydrogen-bond acceptors (Lipinski definition) is 3. The fraction of sp³-hybridized carbons (Fsp3) is 0.333. The number of hydrogen-bond donors (Lipinski definition) is 0. The van der Waals surface area contributed by atoms with E-state index in [9.17, 15) is 26.7 Å². The minimum atomic E-state index is -4.85. The Bertz CT molecular complexity index is 775. The van der Waals surface area contributed by atoms with Crippen molar-refractivity contribution < 1.29 is 26.7 Å². The molecule has 0 aliphatic heterocycles. The van der Waals surface area contributed by atoms with Gasteiger partial charge in [0.05, 0.1) is 5.69 Å². The van der Waals surface area contributed by atoms with Crippen molar-refractivity contribution in [2.24, 2.45) is 7.05 Å². The van der Waals surface area contributed by atoms with E-state index in [0.717, 1.165) is 28.6 Å². The van der Waals surface area contributed by atoms with Gasteiger partial charge in [-0.15, -0.1) is 11.8 Å². The van der Waals surface area contributed by atoms with Gasteiger partial charge >= 0.3 is 6.18 Å². The highest BCUT2D eigenvalue weighted by molar-refractivity contribution is 7.99. The number of alkyl halides is 3. The van der Waals surface area contributed by atoms with Crippen molar-refractivity contribution >= 4 is 29.5 Å². The molecule has 0 radical (unpaired) electrons. The molecule has 0 saturated heterocycles. The minimum absolute atomic E-state index is 0.0541. The lowest BCUT2D eigenvalue weighted by Crippen LogP contribution is -2.20. The molecule has 25 heavy (non-hydrogen) atoms. The van der Waals surface area contributed by atoms with Gasteiger partial charge in [-0.3, -0.25) is 14.4 Å². The number of benzene rings is 1. The number of halogens is 5. The van der Waals surface area contributed by atoms with Crippen LogP contribution >= 0.6 is 11.8 Å². The summed E-state index contributed by atoms with van der Waals surface area (Å²) in [5, 5.41) is 3.51. The molecule has 2 rings (SSSR count). The Morgan fingerprint density at radius 3 is 2.52 bits per heavy atom. The molecule has 10 heteroatoms. The number of thioether (sulfide) groups is 1. The molecule has 136 valence electrons. The summed E-state index contributed by atoms with van der Waals surface area (Å²) < 4.78 is 68.2. The van der Waals surface area contributed by atoms with Crippen LogP contribution in [-0.4, -0.2) is 21.9 Å². The zero-order valence-electron chi connectivity index (χ0n) is 13.3. The molecule has 0 atom stereocenters. The third kappa shape index (κ3) is 3.94. The van der Waals surface area contributed by atoms with Gasteiger partial charge in [-0.25, -0.2) is 8.78 Å². The van der Waals surface area contributed by atoms with Crippen LogP contribution in [0.25, 0.3) is 0 Å². The molecular formula is C15H14F5N3OS. The topological polar surface area (TPSA) is 38.1 Å². The maximum absolute atomic E-state index is 14.0. The van der Waals surface area contributed by atoms with Crippen LogP contribution in [0, 0.1) is 11.6 Å². The van der Waals surface area contributed by atoms with Gasteiger partial charge in [0.2, 0.25) is 6.41 Å². The van der Waals surface area contributed by atoms with Crippen LogP contribution in [0.1, 0.15) is 19.0 Å². The second-order valence-electron chi connectivity index (χ2n) is 5.04. The highest BCUT2D eigenvalue weighted by Gasteiger charge is 2.41. The molecule has 1 aromatic heterocycles. The normalized spacial score (nSPS) is 11.6. The summed E-state index contributed by atoms with van der Waals surface area (Å²) in [5.74, 6) is -1.59. The summed E-state index contributed by atoms with van der Waals surface area (Å²) in [6, 6.07) is 2.26. The smallest absolute Gasteiger partial charge is 0.278 e. The van der Waals surface area contributed by atoms with E-state index >= 15 is 0 Å². The fourth-order valence-corrected chi connectivity index (χ4v) is 3.13. The molecule has 0 bridgehead atoms. The quantitative estimate of drug-likeness (QED) is 0.421. The fourth-order valence-electron chi connectivity index (χ4n) is 2.17. The third-order valence-electron chi connectivity index (χ3n) is 3.20. The highest BCUT2D eigenvalue weighted by atomic mass is 32.2. The number of nitrogens with zero attached hydrogens (tertiary/aromatic N) is 3. The second-order valence-corrected chi connectivity index (χ2v) is 6.13. The average molecular weight is 379 g/mol. The number of aromatic nitrogens is 2. The zero-order chi connectivity index (χ0) is 18.8. The summed E-state index contributed by atoms with van der Waals surface area (Å²) in [6.45, 7) is 1.84. The van der Waals surface area contributed by atoms with Gasteiger partial charge in [-0.05, 0) is 24.3 Å². The maximum atomic E-state index is 14.0. The molecule has 0 aliphatic carbocycles. The first-order chi connectivity index (χ1) is 11.7. The number of amides is 1. The minimum Gasteiger partial charge on any atom is -0.278 e. The van der Waals surface area contributed by atoms with Crippen LogP contribution in [-0.2, 0) is 18.0 Å². The van der Waals surface area contributed by atoms with E-state index in [1.54, 1.807) is 0 Å². The van der Waals surface area contributed by atoms with Crippen LogP contribution in [0.2, 0.25) is 0 Å². The van der Waals surface area contributed by atoms with Crippen molar-refractivity contribution in [1.82, 2.24) is 9.78 Å². The average Bonchev–Trinajstić information content (AvgIpc) is 2.85. The summed E-state index contributed by atoms with van der Waals surface area (Å²) >= 11 is 1.06. The van der Waals surface area contributed by atoms with Crippen molar-refractivity contribution in [1.29, 1.82) is 0 Å². The van der Waals surface area contributed by atoms with Gasteiger partial charge in [0.15, 0.2) is 5.69 Å². The van der Waals surface area contributed by atoms with Crippen molar-refractivity contribution in [3.63, 3.8) is 0 Å². The largest absolute Gasteiger partial charge is 0.437 e. The Morgan fingerprint density at radius 1 is 1.32 bits per heavy atom. The number of carbonyl (C=O) groups is 1. The first-order valence-corrected chi connectivity index (χ1v) is 8.15. The molecular weight excluding hydrogens is 365 g/mol. The maximum Gasteiger partial charge on any atom is 0.437 e. The Hall–Kier alpha value is -2.10. The van der Waals surface area contributed by atoms with Crippen molar-refractivity contribution in [2.45, 2.75) is 24.5 Å². The van der Waals surface area contributed by atoms with Gasteiger partial charge in [-0.1, -0.05) is 6.92 Å². The lowest BCUT2D eigenvalue weighted by Gasteiger charge is -2.20. The van der Waals surface area contributed by atoms with Gasteiger partial charge in [0.1, 0.15) is 22.3 Å². The summed E-state index contributed by atoms with van der Waals surface area (Å²) in [5.41, 5.74) is -2.38. The van der Waals surface area contributed by atoms with Crippen LogP contribution in [0.4, 0.5) is 33.3 Å². The van der Waals surface area contributed by atoms with Gasteiger partial charge in [0, 0.05) is 13.1 Å².